The van der Waals surface area contributed by atoms with Crippen LogP contribution in [0.1, 0.15) is 45.1 Å². The van der Waals surface area contributed by atoms with E-state index in [9.17, 15) is 4.79 Å². The molecule has 1 amide bonds. The first-order chi connectivity index (χ1) is 10.6. The molecule has 2 rings (SSSR count). The van der Waals surface area contributed by atoms with Gasteiger partial charge in [0.2, 0.25) is 5.91 Å². The van der Waals surface area contributed by atoms with Gasteiger partial charge in [-0.05, 0) is 57.2 Å². The summed E-state index contributed by atoms with van der Waals surface area (Å²) >= 11 is 0. The molecular formula is C18H29ClN2O2. The maximum atomic E-state index is 12.5. The molecule has 0 radical (unpaired) electrons. The molecule has 1 aromatic carbocycles. The van der Waals surface area contributed by atoms with Crippen molar-refractivity contribution < 1.29 is 9.53 Å². The van der Waals surface area contributed by atoms with Crippen LogP contribution < -0.4 is 10.5 Å². The summed E-state index contributed by atoms with van der Waals surface area (Å²) in [5.74, 6) is 1.11. The molecule has 1 saturated heterocycles. The van der Waals surface area contributed by atoms with Crippen LogP contribution in [0.15, 0.2) is 24.3 Å². The molecule has 1 heterocycles. The Bertz CT molecular complexity index is 476. The number of benzene rings is 1. The molecular weight excluding hydrogens is 312 g/mol. The van der Waals surface area contributed by atoms with Crippen molar-refractivity contribution in [3.8, 4) is 5.75 Å². The van der Waals surface area contributed by atoms with Gasteiger partial charge < -0.3 is 15.4 Å². The molecule has 0 aliphatic carbocycles. The van der Waals surface area contributed by atoms with Crippen molar-refractivity contribution in [3.05, 3.63) is 29.8 Å². The summed E-state index contributed by atoms with van der Waals surface area (Å²) in [6, 6.07) is 8.27. The largest absolute Gasteiger partial charge is 0.494 e. The minimum Gasteiger partial charge on any atom is -0.494 e. The second kappa shape index (κ2) is 9.78. The van der Waals surface area contributed by atoms with E-state index < -0.39 is 0 Å². The van der Waals surface area contributed by atoms with E-state index in [1.54, 1.807) is 0 Å². The van der Waals surface area contributed by atoms with Crippen molar-refractivity contribution in [2.24, 2.45) is 5.73 Å². The number of ether oxygens (including phenoxy) is 1. The van der Waals surface area contributed by atoms with Crippen LogP contribution in [0.3, 0.4) is 0 Å². The van der Waals surface area contributed by atoms with Crippen LogP contribution in [-0.4, -0.2) is 36.0 Å². The van der Waals surface area contributed by atoms with Crippen LogP contribution in [0.2, 0.25) is 0 Å². The van der Waals surface area contributed by atoms with E-state index >= 15 is 0 Å². The molecule has 2 unspecified atom stereocenters. The van der Waals surface area contributed by atoms with E-state index in [0.29, 0.717) is 13.0 Å². The third-order valence-electron chi connectivity index (χ3n) is 4.34. The van der Waals surface area contributed by atoms with Gasteiger partial charge in [-0.2, -0.15) is 0 Å². The number of amides is 1. The van der Waals surface area contributed by atoms with Gasteiger partial charge in [0, 0.05) is 25.0 Å². The number of halogens is 1. The van der Waals surface area contributed by atoms with Gasteiger partial charge in [0.25, 0.3) is 0 Å². The van der Waals surface area contributed by atoms with Crippen molar-refractivity contribution in [1.82, 2.24) is 4.90 Å². The second-order valence-corrected chi connectivity index (χ2v) is 6.09. The SMILES string of the molecule is CCOc1ccc(CCC(=O)N2CCCCC2C(C)N)cc1.Cl. The number of piperidine rings is 1. The van der Waals surface area contributed by atoms with Crippen LogP contribution in [0.4, 0.5) is 0 Å². The smallest absolute Gasteiger partial charge is 0.223 e. The zero-order valence-electron chi connectivity index (χ0n) is 14.2. The fraction of sp³-hybridized carbons (Fsp3) is 0.611. The Morgan fingerprint density at radius 1 is 1.35 bits per heavy atom. The van der Waals surface area contributed by atoms with Gasteiger partial charge in [-0.15, -0.1) is 12.4 Å². The van der Waals surface area contributed by atoms with Gasteiger partial charge >= 0.3 is 0 Å². The summed E-state index contributed by atoms with van der Waals surface area (Å²) in [6.45, 7) is 5.50. The standard InChI is InChI=1S/C18H28N2O2.ClH/c1-3-22-16-10-7-15(8-11-16)9-12-18(21)20-13-5-4-6-17(20)14(2)19;/h7-8,10-11,14,17H,3-6,9,12-13,19H2,1-2H3;1H. The summed E-state index contributed by atoms with van der Waals surface area (Å²) in [7, 11) is 0. The topological polar surface area (TPSA) is 55.6 Å². The molecule has 0 aromatic heterocycles. The van der Waals surface area contributed by atoms with Crippen LogP contribution in [-0.2, 0) is 11.2 Å². The molecule has 1 aliphatic rings. The van der Waals surface area contributed by atoms with E-state index in [2.05, 4.69) is 0 Å². The van der Waals surface area contributed by atoms with Crippen molar-refractivity contribution in [2.75, 3.05) is 13.2 Å². The van der Waals surface area contributed by atoms with Gasteiger partial charge in [0.1, 0.15) is 5.75 Å². The number of carbonyl (C=O) groups is 1. The zero-order chi connectivity index (χ0) is 15.9. The first-order valence-electron chi connectivity index (χ1n) is 8.38. The molecule has 0 spiro atoms. The summed E-state index contributed by atoms with van der Waals surface area (Å²) in [5.41, 5.74) is 7.21. The minimum absolute atomic E-state index is 0. The Hall–Kier alpha value is -1.26. The fourth-order valence-electron chi connectivity index (χ4n) is 3.13. The maximum absolute atomic E-state index is 12.5. The first-order valence-corrected chi connectivity index (χ1v) is 8.38. The van der Waals surface area contributed by atoms with Gasteiger partial charge in [-0.1, -0.05) is 12.1 Å². The molecule has 130 valence electrons. The highest BCUT2D eigenvalue weighted by atomic mass is 35.5. The molecule has 1 fully saturated rings. The van der Waals surface area contributed by atoms with E-state index in [4.69, 9.17) is 10.5 Å². The monoisotopic (exact) mass is 340 g/mol. The van der Waals surface area contributed by atoms with Gasteiger partial charge in [0.05, 0.1) is 6.61 Å². The van der Waals surface area contributed by atoms with E-state index in [0.717, 1.165) is 31.6 Å². The summed E-state index contributed by atoms with van der Waals surface area (Å²) in [6.07, 6.45) is 4.63. The van der Waals surface area contributed by atoms with Crippen molar-refractivity contribution >= 4 is 18.3 Å². The first kappa shape index (κ1) is 19.8. The van der Waals surface area contributed by atoms with E-state index in [-0.39, 0.29) is 30.4 Å². The van der Waals surface area contributed by atoms with Crippen LogP contribution in [0, 0.1) is 0 Å². The number of likely N-dealkylation sites (tertiary alicyclic amines) is 1. The predicted molar refractivity (Wildman–Crippen MR) is 96.2 cm³/mol. The minimum atomic E-state index is 0. The molecule has 23 heavy (non-hydrogen) atoms. The molecule has 1 aliphatic heterocycles. The molecule has 5 heteroatoms. The average molecular weight is 341 g/mol. The summed E-state index contributed by atoms with van der Waals surface area (Å²) in [5, 5.41) is 0. The van der Waals surface area contributed by atoms with E-state index in [1.807, 2.05) is 43.0 Å². The number of hydrogen-bond acceptors (Lipinski definition) is 3. The third kappa shape index (κ3) is 5.70. The van der Waals surface area contributed by atoms with Gasteiger partial charge in [-0.3, -0.25) is 4.79 Å². The number of hydrogen-bond donors (Lipinski definition) is 1. The van der Waals surface area contributed by atoms with Crippen molar-refractivity contribution in [3.63, 3.8) is 0 Å². The fourth-order valence-corrected chi connectivity index (χ4v) is 3.13. The van der Waals surface area contributed by atoms with Crippen LogP contribution in [0.25, 0.3) is 0 Å². The Morgan fingerprint density at radius 3 is 2.65 bits per heavy atom. The zero-order valence-corrected chi connectivity index (χ0v) is 15.0. The lowest BCUT2D eigenvalue weighted by molar-refractivity contribution is -0.135. The lowest BCUT2D eigenvalue weighted by atomic mass is 9.96. The summed E-state index contributed by atoms with van der Waals surface area (Å²) < 4.78 is 5.43. The quantitative estimate of drug-likeness (QED) is 0.865. The molecule has 2 atom stereocenters. The Balaban J connectivity index is 0.00000264. The van der Waals surface area contributed by atoms with Crippen LogP contribution in [0.5, 0.6) is 5.75 Å². The predicted octanol–water partition coefficient (Wildman–Crippen LogP) is 3.17. The van der Waals surface area contributed by atoms with Crippen molar-refractivity contribution in [2.45, 2.75) is 58.0 Å². The maximum Gasteiger partial charge on any atom is 0.223 e. The normalized spacial score (nSPS) is 18.9. The summed E-state index contributed by atoms with van der Waals surface area (Å²) in [4.78, 5) is 14.5. The molecule has 4 nitrogen and oxygen atoms in total. The van der Waals surface area contributed by atoms with Gasteiger partial charge in [-0.25, -0.2) is 0 Å². The van der Waals surface area contributed by atoms with Crippen LogP contribution >= 0.6 is 12.4 Å². The third-order valence-corrected chi connectivity index (χ3v) is 4.34. The molecule has 2 N–H and O–H groups in total. The van der Waals surface area contributed by atoms with E-state index in [1.165, 1.54) is 12.0 Å². The number of nitrogens with zero attached hydrogens (tertiary/aromatic N) is 1. The lowest BCUT2D eigenvalue weighted by Crippen LogP contribution is -2.51. The average Bonchev–Trinajstić information content (AvgIpc) is 2.54. The highest BCUT2D eigenvalue weighted by molar-refractivity contribution is 5.85. The second-order valence-electron chi connectivity index (χ2n) is 6.09. The molecule has 0 saturated carbocycles. The number of nitrogens with two attached hydrogens (primary N) is 1. The number of carbonyl (C=O) groups excluding carboxylic acids is 1. The molecule has 1 aromatic rings. The molecule has 0 bridgehead atoms. The highest BCUT2D eigenvalue weighted by Crippen LogP contribution is 2.21. The van der Waals surface area contributed by atoms with Gasteiger partial charge in [0.15, 0.2) is 0 Å². The Kier molecular flexibility index (Phi) is 8.42. The Morgan fingerprint density at radius 2 is 2.04 bits per heavy atom. The lowest BCUT2D eigenvalue weighted by Gasteiger charge is -2.38. The highest BCUT2D eigenvalue weighted by Gasteiger charge is 2.28. The Labute approximate surface area is 145 Å². The number of aryl methyl sites for hydroxylation is 1. The van der Waals surface area contributed by atoms with Crippen molar-refractivity contribution in [1.29, 1.82) is 0 Å². The number of rotatable bonds is 6.